The third kappa shape index (κ3) is 5.58. The molecule has 30 heavy (non-hydrogen) atoms. The SMILES string of the molecule is CC.Cc1nc(NC(=O)C2(Sc3ccc(C(F)(F)F)cc3)CCC2)sc1C(C)(C)C. The van der Waals surface area contributed by atoms with Gasteiger partial charge in [0.05, 0.1) is 16.0 Å². The molecule has 1 heterocycles. The maximum absolute atomic E-state index is 13.0. The Labute approximate surface area is 184 Å². The number of hydrogen-bond donors (Lipinski definition) is 1. The third-order valence-electron chi connectivity index (χ3n) is 4.77. The van der Waals surface area contributed by atoms with Crippen molar-refractivity contribution < 1.29 is 18.0 Å². The molecule has 0 unspecified atom stereocenters. The van der Waals surface area contributed by atoms with Crippen LogP contribution in [-0.4, -0.2) is 15.6 Å². The monoisotopic (exact) mass is 458 g/mol. The maximum atomic E-state index is 13.0. The van der Waals surface area contributed by atoms with Crippen LogP contribution in [0.25, 0.3) is 0 Å². The van der Waals surface area contributed by atoms with Gasteiger partial charge in [0.15, 0.2) is 5.13 Å². The average Bonchev–Trinajstić information content (AvgIpc) is 3.00. The molecule has 1 amide bonds. The average molecular weight is 459 g/mol. The standard InChI is InChI=1S/C20H23F3N2OS2.C2H6/c1-12-15(18(2,3)4)27-17(24-12)25-16(26)19(10-5-11-19)28-14-8-6-13(7-9-14)20(21,22)23;1-2/h6-9H,5,10-11H2,1-4H3,(H,24,25,26);1-2H3. The Kier molecular flexibility index (Phi) is 7.67. The molecule has 0 radical (unpaired) electrons. The van der Waals surface area contributed by atoms with E-state index >= 15 is 0 Å². The first-order valence-electron chi connectivity index (χ1n) is 10.1. The van der Waals surface area contributed by atoms with Crippen molar-refractivity contribution in [3.05, 3.63) is 40.4 Å². The molecule has 0 aliphatic heterocycles. The summed E-state index contributed by atoms with van der Waals surface area (Å²) in [6.45, 7) is 12.2. The Morgan fingerprint density at radius 2 is 1.70 bits per heavy atom. The summed E-state index contributed by atoms with van der Waals surface area (Å²) in [5.74, 6) is -0.127. The second-order valence-corrected chi connectivity index (χ2v) is 10.6. The summed E-state index contributed by atoms with van der Waals surface area (Å²) in [6, 6.07) is 5.00. The number of hydrogen-bond acceptors (Lipinski definition) is 4. The van der Waals surface area contributed by atoms with Crippen molar-refractivity contribution in [2.75, 3.05) is 5.32 Å². The molecule has 0 bridgehead atoms. The highest BCUT2D eigenvalue weighted by Gasteiger charge is 2.45. The van der Waals surface area contributed by atoms with Crippen LogP contribution in [0.4, 0.5) is 18.3 Å². The van der Waals surface area contributed by atoms with Crippen molar-refractivity contribution in [2.24, 2.45) is 0 Å². The topological polar surface area (TPSA) is 42.0 Å². The largest absolute Gasteiger partial charge is 0.416 e. The van der Waals surface area contributed by atoms with E-state index in [4.69, 9.17) is 0 Å². The van der Waals surface area contributed by atoms with Gasteiger partial charge in [-0.2, -0.15) is 13.2 Å². The molecule has 8 heteroatoms. The lowest BCUT2D eigenvalue weighted by molar-refractivity contribution is -0.137. The molecule has 2 aromatic rings. The van der Waals surface area contributed by atoms with Gasteiger partial charge >= 0.3 is 6.18 Å². The molecule has 0 saturated heterocycles. The Hall–Kier alpha value is -1.54. The quantitative estimate of drug-likeness (QED) is 0.517. The number of thioether (sulfide) groups is 1. The molecule has 1 aliphatic rings. The number of aromatic nitrogens is 1. The summed E-state index contributed by atoms with van der Waals surface area (Å²) in [6.07, 6.45) is -2.05. The number of carbonyl (C=O) groups is 1. The Morgan fingerprint density at radius 3 is 2.10 bits per heavy atom. The fourth-order valence-corrected chi connectivity index (χ4v) is 5.55. The van der Waals surface area contributed by atoms with E-state index in [0.717, 1.165) is 29.1 Å². The van der Waals surface area contributed by atoms with E-state index in [1.165, 1.54) is 35.2 Å². The number of alkyl halides is 3. The van der Waals surface area contributed by atoms with Crippen LogP contribution in [-0.2, 0) is 16.4 Å². The maximum Gasteiger partial charge on any atom is 0.416 e. The van der Waals surface area contributed by atoms with Gasteiger partial charge in [-0.05, 0) is 55.9 Å². The molecule has 1 aliphatic carbocycles. The van der Waals surface area contributed by atoms with E-state index < -0.39 is 16.5 Å². The number of carbonyl (C=O) groups excluding carboxylic acids is 1. The van der Waals surface area contributed by atoms with E-state index in [-0.39, 0.29) is 11.3 Å². The Balaban J connectivity index is 0.00000155. The number of amides is 1. The molecular formula is C22H29F3N2OS2. The van der Waals surface area contributed by atoms with Gasteiger partial charge in [0.2, 0.25) is 5.91 Å². The highest BCUT2D eigenvalue weighted by Crippen LogP contribution is 2.49. The predicted molar refractivity (Wildman–Crippen MR) is 119 cm³/mol. The zero-order valence-electron chi connectivity index (χ0n) is 18.2. The van der Waals surface area contributed by atoms with Crippen LogP contribution in [0.5, 0.6) is 0 Å². The molecule has 1 fully saturated rings. The van der Waals surface area contributed by atoms with Gasteiger partial charge in [0.1, 0.15) is 0 Å². The van der Waals surface area contributed by atoms with Gasteiger partial charge in [-0.15, -0.1) is 23.1 Å². The summed E-state index contributed by atoms with van der Waals surface area (Å²) in [5, 5.41) is 3.52. The van der Waals surface area contributed by atoms with Gasteiger partial charge < -0.3 is 5.32 Å². The summed E-state index contributed by atoms with van der Waals surface area (Å²) in [5.41, 5.74) is 0.177. The first-order chi connectivity index (χ1) is 13.9. The van der Waals surface area contributed by atoms with E-state index in [0.29, 0.717) is 22.9 Å². The second kappa shape index (κ2) is 9.30. The highest BCUT2D eigenvalue weighted by molar-refractivity contribution is 8.01. The zero-order chi connectivity index (χ0) is 22.7. The number of anilines is 1. The van der Waals surface area contributed by atoms with Gasteiger partial charge in [-0.3, -0.25) is 4.79 Å². The van der Waals surface area contributed by atoms with Crippen LogP contribution in [0.3, 0.4) is 0 Å². The van der Waals surface area contributed by atoms with Crippen molar-refractivity contribution in [2.45, 2.75) is 82.0 Å². The normalized spacial score (nSPS) is 15.6. The predicted octanol–water partition coefficient (Wildman–Crippen LogP) is 7.45. The number of benzene rings is 1. The molecule has 166 valence electrons. The summed E-state index contributed by atoms with van der Waals surface area (Å²) >= 11 is 2.82. The Morgan fingerprint density at radius 1 is 1.13 bits per heavy atom. The number of aryl methyl sites for hydroxylation is 1. The molecule has 1 saturated carbocycles. The molecule has 0 atom stereocenters. The highest BCUT2D eigenvalue weighted by atomic mass is 32.2. The summed E-state index contributed by atoms with van der Waals surface area (Å²) < 4.78 is 37.6. The fourth-order valence-electron chi connectivity index (χ4n) is 3.17. The van der Waals surface area contributed by atoms with Crippen molar-refractivity contribution in [3.63, 3.8) is 0 Å². The third-order valence-corrected chi connectivity index (χ3v) is 7.76. The van der Waals surface area contributed by atoms with E-state index in [1.54, 1.807) is 0 Å². The van der Waals surface area contributed by atoms with Crippen LogP contribution in [0.1, 0.15) is 70.0 Å². The molecule has 1 aromatic heterocycles. The van der Waals surface area contributed by atoms with Gasteiger partial charge in [0.25, 0.3) is 0 Å². The first kappa shape index (κ1) is 24.7. The van der Waals surface area contributed by atoms with Crippen molar-refractivity contribution >= 4 is 34.1 Å². The summed E-state index contributed by atoms with van der Waals surface area (Å²) in [7, 11) is 0. The lowest BCUT2D eigenvalue weighted by Crippen LogP contribution is -2.45. The molecular weight excluding hydrogens is 429 g/mol. The zero-order valence-corrected chi connectivity index (χ0v) is 19.9. The molecule has 0 spiro atoms. The van der Waals surface area contributed by atoms with Crippen LogP contribution in [0.2, 0.25) is 0 Å². The van der Waals surface area contributed by atoms with Crippen LogP contribution < -0.4 is 5.32 Å². The van der Waals surface area contributed by atoms with Crippen molar-refractivity contribution in [1.82, 2.24) is 4.98 Å². The van der Waals surface area contributed by atoms with E-state index in [1.807, 2.05) is 20.8 Å². The molecule has 1 N–H and O–H groups in total. The van der Waals surface area contributed by atoms with Gasteiger partial charge in [-0.1, -0.05) is 34.6 Å². The number of thiazole rings is 1. The van der Waals surface area contributed by atoms with E-state index in [2.05, 4.69) is 31.1 Å². The van der Waals surface area contributed by atoms with Crippen LogP contribution >= 0.6 is 23.1 Å². The minimum absolute atomic E-state index is 0.0478. The molecule has 1 aromatic carbocycles. The smallest absolute Gasteiger partial charge is 0.301 e. The second-order valence-electron chi connectivity index (χ2n) is 8.11. The van der Waals surface area contributed by atoms with Crippen molar-refractivity contribution in [1.29, 1.82) is 0 Å². The Bertz CT molecular complexity index is 864. The summed E-state index contributed by atoms with van der Waals surface area (Å²) in [4.78, 5) is 19.2. The fraction of sp³-hybridized carbons (Fsp3) is 0.545. The van der Waals surface area contributed by atoms with E-state index in [9.17, 15) is 18.0 Å². The minimum atomic E-state index is -4.36. The molecule has 3 rings (SSSR count). The first-order valence-corrected chi connectivity index (χ1v) is 11.7. The van der Waals surface area contributed by atoms with Crippen LogP contribution in [0, 0.1) is 6.92 Å². The van der Waals surface area contributed by atoms with Gasteiger partial charge in [-0.25, -0.2) is 4.98 Å². The number of rotatable bonds is 4. The number of nitrogens with zero attached hydrogens (tertiary/aromatic N) is 1. The molecule has 3 nitrogen and oxygen atoms in total. The minimum Gasteiger partial charge on any atom is -0.301 e. The lowest BCUT2D eigenvalue weighted by Gasteiger charge is -2.39. The number of halogens is 3. The van der Waals surface area contributed by atoms with Crippen molar-refractivity contribution in [3.8, 4) is 0 Å². The van der Waals surface area contributed by atoms with Gasteiger partial charge in [0, 0.05) is 9.77 Å². The number of nitrogens with one attached hydrogen (secondary N) is 1. The lowest BCUT2D eigenvalue weighted by atomic mass is 9.83. The van der Waals surface area contributed by atoms with Crippen LogP contribution in [0.15, 0.2) is 29.2 Å².